The number of nitrogens with two attached hydrogens (primary N) is 1. The number of carboxylic acids is 1. The predicted molar refractivity (Wildman–Crippen MR) is 347 cm³/mol. The van der Waals surface area contributed by atoms with Gasteiger partial charge < -0.3 is 70.5 Å². The largest absolute Gasteiger partial charge is 1.00 e. The minimum absolute atomic E-state index is 0. The molecule has 0 spiro atoms. The van der Waals surface area contributed by atoms with Gasteiger partial charge in [0.05, 0.1) is 77.4 Å². The summed E-state index contributed by atoms with van der Waals surface area (Å²) >= 11 is 13.2. The zero-order valence-electron chi connectivity index (χ0n) is 52.2. The molecule has 0 aromatic carbocycles. The Balaban J connectivity index is -0.000000957. The molecule has 7 heterocycles. The number of H-pyrrole nitrogens is 3. The number of methoxy groups -OCH3 is 3. The summed E-state index contributed by atoms with van der Waals surface area (Å²) in [5.41, 5.74) is 14.7. The Hall–Kier alpha value is -5.44. The molecule has 0 amide bonds. The van der Waals surface area contributed by atoms with Crippen molar-refractivity contribution in [1.29, 1.82) is 0 Å². The minimum Gasteiger partial charge on any atom is -0.870 e. The molecule has 32 heteroatoms. The van der Waals surface area contributed by atoms with Crippen molar-refractivity contribution in [2.24, 2.45) is 36.2 Å². The van der Waals surface area contributed by atoms with Crippen LogP contribution in [0.4, 0.5) is 0 Å². The molecule has 1 aliphatic carbocycles. The van der Waals surface area contributed by atoms with E-state index >= 15 is 0 Å². The number of aliphatic hydroxyl groups excluding tert-OH is 1. The van der Waals surface area contributed by atoms with Crippen molar-refractivity contribution in [3.8, 4) is 33.8 Å². The van der Waals surface area contributed by atoms with Crippen LogP contribution in [0.1, 0.15) is 102 Å². The van der Waals surface area contributed by atoms with E-state index in [1.165, 1.54) is 40.4 Å². The van der Waals surface area contributed by atoms with Gasteiger partial charge in [-0.3, -0.25) is 14.0 Å². The third-order valence-corrected chi connectivity index (χ3v) is 13.7. The summed E-state index contributed by atoms with van der Waals surface area (Å²) < 4.78 is 29.1. The first-order chi connectivity index (χ1) is 39.8. The van der Waals surface area contributed by atoms with Gasteiger partial charge in [-0.25, -0.2) is 19.2 Å². The number of rotatable bonds is 9. The number of hydrogen-bond acceptors (Lipinski definition) is 19. The van der Waals surface area contributed by atoms with Gasteiger partial charge in [-0.15, -0.1) is 0 Å². The Labute approximate surface area is 563 Å². The maximum Gasteiger partial charge on any atom is 1.00 e. The second kappa shape index (κ2) is 43.3. The normalized spacial score (nSPS) is 12.0. The molecular weight excluding hydrogens is 1350 g/mol. The van der Waals surface area contributed by atoms with Crippen LogP contribution in [0, 0.1) is 20.8 Å². The van der Waals surface area contributed by atoms with Crippen LogP contribution in [0.25, 0.3) is 33.8 Å². The van der Waals surface area contributed by atoms with E-state index in [9.17, 15) is 19.2 Å². The van der Waals surface area contributed by atoms with E-state index in [4.69, 9.17) is 38.7 Å². The average molecular weight is 1430 g/mol. The number of carboxylic acid groups (broad SMARTS) is 1. The Morgan fingerprint density at radius 3 is 1.44 bits per heavy atom. The molecular formula is C55H79B2Br3N12NaO13S. The van der Waals surface area contributed by atoms with E-state index in [0.717, 1.165) is 85.4 Å². The number of halogens is 3. The van der Waals surface area contributed by atoms with E-state index in [1.807, 2.05) is 54.9 Å². The molecule has 6 aromatic heterocycles. The second-order valence-corrected chi connectivity index (χ2v) is 21.5. The van der Waals surface area contributed by atoms with Crippen molar-refractivity contribution in [1.82, 2.24) is 44.3 Å². The summed E-state index contributed by atoms with van der Waals surface area (Å²) in [4.78, 5) is 56.6. The number of nitrogens with zero attached hydrogens (tertiary/aromatic N) is 8. The number of allylic oxidation sites excluding steroid dienone is 4. The monoisotopic (exact) mass is 1430 g/mol. The smallest absolute Gasteiger partial charge is 0.870 e. The van der Waals surface area contributed by atoms with E-state index in [0.29, 0.717) is 33.6 Å². The van der Waals surface area contributed by atoms with Gasteiger partial charge in [-0.05, 0) is 165 Å². The molecule has 471 valence electrons. The fourth-order valence-electron chi connectivity index (χ4n) is 6.66. The topological polar surface area (TPSA) is 368 Å². The van der Waals surface area contributed by atoms with Gasteiger partial charge in [0.2, 0.25) is 0 Å². The maximum absolute atomic E-state index is 11.4. The number of aliphatic imine (C=N–C) groups is 1. The first-order valence-corrected chi connectivity index (χ1v) is 28.2. The maximum atomic E-state index is 11.4. The van der Waals surface area contributed by atoms with Crippen LogP contribution in [0.2, 0.25) is 0 Å². The fourth-order valence-corrected chi connectivity index (χ4v) is 8.13. The third kappa shape index (κ3) is 28.7. The van der Waals surface area contributed by atoms with Gasteiger partial charge in [0.25, 0.3) is 0 Å². The number of aromatic carboxylic acids is 1. The SMILES string of the molecule is C1CCOC1.CC(C)(O)C(C)(C)O.CO.COC(=O)C1=CC(Br)=CC1.COC(=O)c1cc(-c2c(C)cnn2C)c(Br)[nH]1.COC(=O)c1cc(-c2c(C)cnn2C)c[nH]1.Cc1cnn(C)c1-c1cc(C(=O)O)[nH]c1Br.[B]=NS.[B]C(=NC)C(C)=CN.[Na+].[OH-]. The number of aliphatic hydroxyl groups is 3. The van der Waals surface area contributed by atoms with Crippen molar-refractivity contribution in [2.45, 2.75) is 85.9 Å². The molecule has 1 saturated heterocycles. The number of aromatic nitrogens is 9. The molecule has 25 nitrogen and oxygen atoms in total. The number of esters is 3. The van der Waals surface area contributed by atoms with Crippen molar-refractivity contribution in [2.75, 3.05) is 48.7 Å². The second-order valence-electron chi connectivity index (χ2n) is 18.8. The van der Waals surface area contributed by atoms with Crippen molar-refractivity contribution in [3.63, 3.8) is 0 Å². The number of nitrogens with one attached hydrogen (secondary N) is 3. The molecule has 0 saturated carbocycles. The van der Waals surface area contributed by atoms with Crippen molar-refractivity contribution >= 4 is 106 Å². The molecule has 3 radical (unpaired) electrons. The Bertz CT molecular complexity index is 3130. The van der Waals surface area contributed by atoms with Gasteiger partial charge in [0, 0.05) is 81.5 Å². The number of carbonyl (C=O) groups is 4. The first kappa shape index (κ1) is 85.8. The van der Waals surface area contributed by atoms with E-state index in [2.05, 4.69) is 122 Å². The van der Waals surface area contributed by atoms with E-state index in [-0.39, 0.29) is 52.7 Å². The van der Waals surface area contributed by atoms with Crippen molar-refractivity contribution < 1.29 is 93.6 Å². The van der Waals surface area contributed by atoms with Gasteiger partial charge >= 0.3 is 78.2 Å². The van der Waals surface area contributed by atoms with Gasteiger partial charge in [-0.1, -0.05) is 22.0 Å². The number of aryl methyl sites for hydroxylation is 6. The van der Waals surface area contributed by atoms with Crippen LogP contribution in [0.15, 0.2) is 95.5 Å². The van der Waals surface area contributed by atoms with Gasteiger partial charge in [-0.2, -0.15) is 15.3 Å². The molecule has 0 unspecified atom stereocenters. The number of aromatic amines is 3. The minimum atomic E-state index is -1.01. The Kier molecular flexibility index (Phi) is 42.7. The molecule has 87 heavy (non-hydrogen) atoms. The molecule has 2 aliphatic rings. The van der Waals surface area contributed by atoms with Crippen LogP contribution in [-0.2, 0) is 44.9 Å². The van der Waals surface area contributed by atoms with Crippen molar-refractivity contribution in [3.05, 3.63) is 120 Å². The standard InChI is InChI=1S/C11H12BrN3O2.C11H13N3O2.C10H10BrN3O2.C7H7BrO2.C6H14O2.C5H9BN2.C4H8O.CH4O.BHNS.Na.H2O/c1-6-5-13-15(2)9(6)7-4-8(11(16)17-3)14-10(7)12;1-7-5-13-14(2)10(7)8-4-9(12-6-8)11(15)16-3;1-5-4-12-14(2)8(5)6-3-7(10(15)16)13-9(6)11;1-10-7(9)5-2-3-6(8)4-5;1-5(2,7)6(3,4)8;1-4(3-7)5(6)8-2;1-2-4-5-3-1;1-2;1-2-3;;/h4-5,14H,1-3H3;4-6,12H,1-3H3;3-4,13H,1-2H3,(H,15,16);3-4H,2H2,1H3;7-8H,1-4H3;3H,7H2,1-2H3;1-4H2;2H,1H3;3H;;1H2/q;;;;;;;;;+1;/p-1. The number of carbonyl (C=O) groups excluding carboxylic acids is 3. The number of thiol groups is 1. The van der Waals surface area contributed by atoms with E-state index in [1.54, 1.807) is 97.9 Å². The molecule has 1 fully saturated rings. The summed E-state index contributed by atoms with van der Waals surface area (Å²) in [6.45, 7) is 16.0. The summed E-state index contributed by atoms with van der Waals surface area (Å²) in [7, 11) is 21.9. The van der Waals surface area contributed by atoms with Crippen LogP contribution < -0.4 is 35.3 Å². The summed E-state index contributed by atoms with van der Waals surface area (Å²) in [5.74, 6) is -1.99. The van der Waals surface area contributed by atoms with Crippen LogP contribution >= 0.6 is 60.6 Å². The first-order valence-electron chi connectivity index (χ1n) is 25.4. The van der Waals surface area contributed by atoms with Crippen LogP contribution in [0.5, 0.6) is 0 Å². The summed E-state index contributed by atoms with van der Waals surface area (Å²) in [6.07, 6.45) is 15.5. The molecule has 10 N–H and O–H groups in total. The number of ether oxygens (including phenoxy) is 4. The van der Waals surface area contributed by atoms with Gasteiger partial charge in [0.1, 0.15) is 24.9 Å². The molecule has 6 aromatic rings. The van der Waals surface area contributed by atoms with Gasteiger partial charge in [0.15, 0.2) is 0 Å². The molecule has 8 rings (SSSR count). The Morgan fingerprint density at radius 1 is 0.759 bits per heavy atom. The number of hydrogen-bond donors (Lipinski definition) is 9. The molecule has 0 bridgehead atoms. The Morgan fingerprint density at radius 2 is 1.15 bits per heavy atom. The van der Waals surface area contributed by atoms with E-state index < -0.39 is 23.1 Å². The summed E-state index contributed by atoms with van der Waals surface area (Å²) in [5, 5.41) is 46.5. The zero-order chi connectivity index (χ0) is 65.5. The third-order valence-electron chi connectivity index (χ3n) is 11.9. The predicted octanol–water partition coefficient (Wildman–Crippen LogP) is 5.73. The fraction of sp³-hybridized carbons (Fsp3) is 0.418. The quantitative estimate of drug-likeness (QED) is 0.0274. The van der Waals surface area contributed by atoms with Crippen LogP contribution in [0.3, 0.4) is 0 Å². The average Bonchev–Trinajstić information content (AvgIpc) is 4.46. The zero-order valence-corrected chi connectivity index (χ0v) is 59.9. The van der Waals surface area contributed by atoms with Crippen LogP contribution in [-0.4, -0.2) is 175 Å². The molecule has 1 aliphatic heterocycles. The molecule has 0 atom stereocenters. The summed E-state index contributed by atoms with van der Waals surface area (Å²) in [6, 6.07) is 5.10.